The number of hydrogen-bond acceptors (Lipinski definition) is 4. The molecule has 122 valence electrons. The number of benzene rings is 1. The smallest absolute Gasteiger partial charge is 0.408 e. The molecule has 3 heterocycles. The summed E-state index contributed by atoms with van der Waals surface area (Å²) in [5.41, 5.74) is 1.95. The van der Waals surface area contributed by atoms with Crippen molar-refractivity contribution in [1.29, 1.82) is 0 Å². The van der Waals surface area contributed by atoms with Crippen molar-refractivity contribution in [2.45, 2.75) is 12.8 Å². The van der Waals surface area contributed by atoms with E-state index in [0.717, 1.165) is 39.1 Å². The van der Waals surface area contributed by atoms with Gasteiger partial charge in [-0.3, -0.25) is 4.57 Å². The second kappa shape index (κ2) is 5.13. The molecule has 7 heteroatoms. The first kappa shape index (κ1) is 14.3. The molecule has 2 fully saturated rings. The van der Waals surface area contributed by atoms with E-state index in [4.69, 9.17) is 9.15 Å². The number of ether oxygens (including phenoxy) is 1. The van der Waals surface area contributed by atoms with E-state index >= 15 is 0 Å². The van der Waals surface area contributed by atoms with Crippen LogP contribution in [-0.2, 0) is 11.8 Å². The Kier molecular flexibility index (Phi) is 3.19. The highest BCUT2D eigenvalue weighted by Crippen LogP contribution is 2.38. The summed E-state index contributed by atoms with van der Waals surface area (Å²) >= 11 is 0. The number of anilines is 1. The molecule has 0 radical (unpaired) electrons. The van der Waals surface area contributed by atoms with Gasteiger partial charge < -0.3 is 19.4 Å². The number of aryl methyl sites for hydroxylation is 1. The average Bonchev–Trinajstić information content (AvgIpc) is 3.23. The van der Waals surface area contributed by atoms with E-state index in [1.54, 1.807) is 25.2 Å². The normalized spacial score (nSPS) is 24.0. The minimum absolute atomic E-state index is 0.119. The lowest BCUT2D eigenvalue weighted by atomic mass is 9.87. The molecule has 7 nitrogen and oxygen atoms in total. The van der Waals surface area contributed by atoms with Gasteiger partial charge in [0.15, 0.2) is 5.58 Å². The largest absolute Gasteiger partial charge is 0.419 e. The highest BCUT2D eigenvalue weighted by atomic mass is 16.5. The first-order valence-electron chi connectivity index (χ1n) is 7.80. The van der Waals surface area contributed by atoms with Crippen molar-refractivity contribution in [1.82, 2.24) is 9.47 Å². The van der Waals surface area contributed by atoms with Crippen LogP contribution in [-0.4, -0.2) is 41.8 Å². The predicted octanol–water partition coefficient (Wildman–Crippen LogP) is 1.78. The third-order valence-electron chi connectivity index (χ3n) is 4.95. The van der Waals surface area contributed by atoms with E-state index in [1.165, 1.54) is 4.57 Å². The van der Waals surface area contributed by atoms with Crippen LogP contribution in [0.2, 0.25) is 0 Å². The van der Waals surface area contributed by atoms with Crippen molar-refractivity contribution in [3.05, 3.63) is 28.7 Å². The standard InChI is InChI=1S/C16H19N3O4/c1-18-12-3-2-11(8-13(12)23-15(18)21)17-14(20)19-6-4-16(9-19)5-7-22-10-16/h2-3,8H,4-7,9-10H2,1H3,(H,17,20)/t16-/m1/s1. The molecule has 1 spiro atoms. The van der Waals surface area contributed by atoms with Gasteiger partial charge in [0, 0.05) is 43.9 Å². The van der Waals surface area contributed by atoms with E-state index < -0.39 is 5.76 Å². The summed E-state index contributed by atoms with van der Waals surface area (Å²) < 4.78 is 12.1. The van der Waals surface area contributed by atoms with Gasteiger partial charge in [0.1, 0.15) is 0 Å². The lowest BCUT2D eigenvalue weighted by molar-refractivity contribution is 0.154. The average molecular weight is 317 g/mol. The third kappa shape index (κ3) is 2.41. The summed E-state index contributed by atoms with van der Waals surface area (Å²) in [5, 5.41) is 2.89. The number of amides is 2. The van der Waals surface area contributed by atoms with Crippen LogP contribution in [0, 0.1) is 5.41 Å². The number of nitrogens with one attached hydrogen (secondary N) is 1. The maximum absolute atomic E-state index is 12.4. The molecular formula is C16H19N3O4. The van der Waals surface area contributed by atoms with Crippen molar-refractivity contribution < 1.29 is 13.9 Å². The Morgan fingerprint density at radius 3 is 3.00 bits per heavy atom. The fraction of sp³-hybridized carbons (Fsp3) is 0.500. The summed E-state index contributed by atoms with van der Waals surface area (Å²) in [6.45, 7) is 3.02. The third-order valence-corrected chi connectivity index (χ3v) is 4.95. The summed E-state index contributed by atoms with van der Waals surface area (Å²) in [5.74, 6) is -0.411. The number of likely N-dealkylation sites (tertiary alicyclic amines) is 1. The Bertz CT molecular complexity index is 816. The molecule has 2 aromatic rings. The second-order valence-electron chi connectivity index (χ2n) is 6.51. The van der Waals surface area contributed by atoms with Crippen LogP contribution in [0.4, 0.5) is 10.5 Å². The number of fused-ring (bicyclic) bond motifs is 1. The van der Waals surface area contributed by atoms with Gasteiger partial charge in [-0.05, 0) is 25.0 Å². The minimum atomic E-state index is -0.411. The lowest BCUT2D eigenvalue weighted by Gasteiger charge is -2.22. The molecule has 2 aliphatic rings. The van der Waals surface area contributed by atoms with Crippen LogP contribution in [0.25, 0.3) is 11.1 Å². The Hall–Kier alpha value is -2.28. The highest BCUT2D eigenvalue weighted by Gasteiger charge is 2.42. The second-order valence-corrected chi connectivity index (χ2v) is 6.51. The number of oxazole rings is 1. The van der Waals surface area contributed by atoms with Crippen molar-refractivity contribution in [3.8, 4) is 0 Å². The number of nitrogens with zero attached hydrogens (tertiary/aromatic N) is 2. The Morgan fingerprint density at radius 2 is 2.22 bits per heavy atom. The zero-order chi connectivity index (χ0) is 16.0. The lowest BCUT2D eigenvalue weighted by Crippen LogP contribution is -2.35. The summed E-state index contributed by atoms with van der Waals surface area (Å²) in [7, 11) is 1.65. The molecule has 2 amide bonds. The van der Waals surface area contributed by atoms with E-state index in [9.17, 15) is 9.59 Å². The molecule has 2 aliphatic heterocycles. The fourth-order valence-electron chi connectivity index (χ4n) is 3.49. The van der Waals surface area contributed by atoms with Crippen molar-refractivity contribution >= 4 is 22.8 Å². The Morgan fingerprint density at radius 1 is 1.35 bits per heavy atom. The van der Waals surface area contributed by atoms with Gasteiger partial charge in [0.25, 0.3) is 0 Å². The van der Waals surface area contributed by atoms with Gasteiger partial charge in [0.2, 0.25) is 0 Å². The molecule has 23 heavy (non-hydrogen) atoms. The van der Waals surface area contributed by atoms with Gasteiger partial charge in [0.05, 0.1) is 12.1 Å². The van der Waals surface area contributed by atoms with E-state index in [2.05, 4.69) is 5.32 Å². The maximum Gasteiger partial charge on any atom is 0.419 e. The van der Waals surface area contributed by atoms with Gasteiger partial charge in [-0.1, -0.05) is 0 Å². The van der Waals surface area contributed by atoms with Gasteiger partial charge in [-0.25, -0.2) is 9.59 Å². The number of rotatable bonds is 1. The SMILES string of the molecule is Cn1c(=O)oc2cc(NC(=O)N3CC[C@@]4(CCOC4)C3)ccc21. The maximum atomic E-state index is 12.4. The molecule has 2 saturated heterocycles. The van der Waals surface area contributed by atoms with Crippen molar-refractivity contribution in [2.75, 3.05) is 31.6 Å². The van der Waals surface area contributed by atoms with Crippen molar-refractivity contribution in [3.63, 3.8) is 0 Å². The van der Waals surface area contributed by atoms with Crippen LogP contribution >= 0.6 is 0 Å². The zero-order valence-electron chi connectivity index (χ0n) is 13.0. The fourth-order valence-corrected chi connectivity index (χ4v) is 3.49. The van der Waals surface area contributed by atoms with E-state index in [0.29, 0.717) is 16.8 Å². The van der Waals surface area contributed by atoms with E-state index in [1.807, 2.05) is 4.90 Å². The molecular weight excluding hydrogens is 298 g/mol. The molecule has 0 unspecified atom stereocenters. The molecule has 0 aliphatic carbocycles. The number of hydrogen-bond donors (Lipinski definition) is 1. The molecule has 0 saturated carbocycles. The summed E-state index contributed by atoms with van der Waals surface area (Å²) in [4.78, 5) is 25.8. The molecule has 4 rings (SSSR count). The topological polar surface area (TPSA) is 76.7 Å². The van der Waals surface area contributed by atoms with Crippen LogP contribution < -0.4 is 11.1 Å². The van der Waals surface area contributed by atoms with Crippen LogP contribution in [0.1, 0.15) is 12.8 Å². The van der Waals surface area contributed by atoms with Crippen LogP contribution in [0.3, 0.4) is 0 Å². The Labute approximate surface area is 132 Å². The predicted molar refractivity (Wildman–Crippen MR) is 84.5 cm³/mol. The molecule has 1 N–H and O–H groups in total. The first-order chi connectivity index (χ1) is 11.1. The van der Waals surface area contributed by atoms with Gasteiger partial charge in [-0.2, -0.15) is 0 Å². The molecule has 1 aromatic carbocycles. The number of aromatic nitrogens is 1. The van der Waals surface area contributed by atoms with Crippen LogP contribution in [0.15, 0.2) is 27.4 Å². The molecule has 1 atom stereocenters. The number of carbonyl (C=O) groups is 1. The summed E-state index contributed by atoms with van der Waals surface area (Å²) in [6, 6.07) is 5.11. The number of urea groups is 1. The van der Waals surface area contributed by atoms with E-state index in [-0.39, 0.29) is 11.4 Å². The summed E-state index contributed by atoms with van der Waals surface area (Å²) in [6.07, 6.45) is 2.02. The van der Waals surface area contributed by atoms with Gasteiger partial charge in [-0.15, -0.1) is 0 Å². The first-order valence-corrected chi connectivity index (χ1v) is 7.80. The van der Waals surface area contributed by atoms with Gasteiger partial charge >= 0.3 is 11.8 Å². The Balaban J connectivity index is 1.49. The molecule has 0 bridgehead atoms. The minimum Gasteiger partial charge on any atom is -0.408 e. The molecule has 1 aromatic heterocycles. The zero-order valence-corrected chi connectivity index (χ0v) is 13.0. The number of carbonyl (C=O) groups excluding carboxylic acids is 1. The van der Waals surface area contributed by atoms with Crippen LogP contribution in [0.5, 0.6) is 0 Å². The quantitative estimate of drug-likeness (QED) is 0.870. The van der Waals surface area contributed by atoms with Crippen molar-refractivity contribution in [2.24, 2.45) is 12.5 Å². The highest BCUT2D eigenvalue weighted by molar-refractivity contribution is 5.91. The monoisotopic (exact) mass is 317 g/mol.